The van der Waals surface area contributed by atoms with E-state index in [0.717, 1.165) is 11.3 Å². The maximum atomic E-state index is 10.7. The van der Waals surface area contributed by atoms with Crippen LogP contribution in [0.15, 0.2) is 12.1 Å². The van der Waals surface area contributed by atoms with Crippen LogP contribution in [0.2, 0.25) is 5.15 Å². The first-order chi connectivity index (χ1) is 6.08. The van der Waals surface area contributed by atoms with Gasteiger partial charge in [0.2, 0.25) is 0 Å². The first-order valence-corrected chi connectivity index (χ1v) is 5.20. The lowest BCUT2D eigenvalue weighted by Gasteiger charge is -2.00. The molecular weight excluding hydrogens is 206 g/mol. The fourth-order valence-corrected chi connectivity index (χ4v) is 1.77. The number of aromatic nitrogens is 1. The van der Waals surface area contributed by atoms with Gasteiger partial charge in [-0.3, -0.25) is 4.79 Å². The topological polar surface area (TPSA) is 30.0 Å². The van der Waals surface area contributed by atoms with Crippen molar-refractivity contribution in [2.24, 2.45) is 0 Å². The summed E-state index contributed by atoms with van der Waals surface area (Å²) in [4.78, 5) is 14.7. The number of pyridine rings is 1. The summed E-state index contributed by atoms with van der Waals surface area (Å²) < 4.78 is 0. The number of carbonyl (C=O) groups is 1. The van der Waals surface area contributed by atoms with Crippen molar-refractivity contribution in [3.05, 3.63) is 28.5 Å². The minimum Gasteiger partial charge on any atom is -0.288 e. The predicted molar refractivity (Wildman–Crippen MR) is 56.0 cm³/mol. The molecule has 0 N–H and O–H groups in total. The third-order valence-electron chi connectivity index (χ3n) is 1.42. The first-order valence-electron chi connectivity index (χ1n) is 3.84. The normalized spacial score (nSPS) is 10.1. The molecule has 70 valence electrons. The van der Waals surface area contributed by atoms with E-state index in [0.29, 0.717) is 10.9 Å². The Morgan fingerprint density at radius 1 is 1.62 bits per heavy atom. The maximum absolute atomic E-state index is 10.7. The van der Waals surface area contributed by atoms with Gasteiger partial charge < -0.3 is 0 Å². The number of thioether (sulfide) groups is 1. The average molecular weight is 216 g/mol. The van der Waals surface area contributed by atoms with Crippen molar-refractivity contribution in [2.45, 2.75) is 19.6 Å². The molecule has 0 atom stereocenters. The van der Waals surface area contributed by atoms with Crippen LogP contribution >= 0.6 is 23.4 Å². The summed E-state index contributed by atoms with van der Waals surface area (Å²) in [5, 5.41) is 0.602. The zero-order valence-corrected chi connectivity index (χ0v) is 9.08. The second kappa shape index (κ2) is 4.63. The third kappa shape index (κ3) is 3.79. The average Bonchev–Trinajstić information content (AvgIpc) is 1.99. The van der Waals surface area contributed by atoms with E-state index in [1.54, 1.807) is 13.0 Å². The molecule has 0 unspecified atom stereocenters. The molecule has 1 aromatic heterocycles. The Kier molecular flexibility index (Phi) is 3.75. The number of halogens is 1. The number of hydrogen-bond donors (Lipinski definition) is 0. The SMILES string of the molecule is CC(=O)SCc1cc(C)nc(Cl)c1. The van der Waals surface area contributed by atoms with Gasteiger partial charge in [0.15, 0.2) is 5.12 Å². The van der Waals surface area contributed by atoms with Crippen molar-refractivity contribution in [2.75, 3.05) is 0 Å². The van der Waals surface area contributed by atoms with Crippen molar-refractivity contribution in [3.63, 3.8) is 0 Å². The first kappa shape index (κ1) is 10.5. The standard InChI is InChI=1S/C9H10ClNOS/c1-6-3-8(4-9(10)11-6)5-13-7(2)12/h3-4H,5H2,1-2H3. The van der Waals surface area contributed by atoms with Crippen LogP contribution in [0.3, 0.4) is 0 Å². The van der Waals surface area contributed by atoms with Crippen LogP contribution in [-0.4, -0.2) is 10.1 Å². The van der Waals surface area contributed by atoms with E-state index in [2.05, 4.69) is 4.98 Å². The minimum absolute atomic E-state index is 0.116. The van der Waals surface area contributed by atoms with Crippen LogP contribution in [0.5, 0.6) is 0 Å². The van der Waals surface area contributed by atoms with Crippen molar-refractivity contribution < 1.29 is 4.79 Å². The molecule has 1 rings (SSSR count). The molecule has 0 aliphatic rings. The van der Waals surface area contributed by atoms with Gasteiger partial charge in [-0.15, -0.1) is 0 Å². The lowest BCUT2D eigenvalue weighted by molar-refractivity contribution is -0.109. The molecule has 0 aliphatic heterocycles. The molecule has 2 nitrogen and oxygen atoms in total. The molecule has 0 aromatic carbocycles. The van der Waals surface area contributed by atoms with Gasteiger partial charge in [0, 0.05) is 18.4 Å². The van der Waals surface area contributed by atoms with E-state index in [9.17, 15) is 4.79 Å². The molecule has 0 saturated carbocycles. The summed E-state index contributed by atoms with van der Waals surface area (Å²) in [7, 11) is 0. The number of aryl methyl sites for hydroxylation is 1. The highest BCUT2D eigenvalue weighted by Gasteiger charge is 2.00. The number of hydrogen-bond acceptors (Lipinski definition) is 3. The monoisotopic (exact) mass is 215 g/mol. The van der Waals surface area contributed by atoms with Gasteiger partial charge >= 0.3 is 0 Å². The fourth-order valence-electron chi connectivity index (χ4n) is 0.964. The van der Waals surface area contributed by atoms with E-state index in [1.165, 1.54) is 11.8 Å². The number of rotatable bonds is 2. The molecule has 0 amide bonds. The molecular formula is C9H10ClNOS. The van der Waals surface area contributed by atoms with Crippen molar-refractivity contribution in [1.29, 1.82) is 0 Å². The van der Waals surface area contributed by atoms with Gasteiger partial charge in [-0.25, -0.2) is 4.98 Å². The molecule has 0 radical (unpaired) electrons. The summed E-state index contributed by atoms with van der Waals surface area (Å²) in [6.07, 6.45) is 0. The Hall–Kier alpha value is -0.540. The Morgan fingerprint density at radius 2 is 2.31 bits per heavy atom. The van der Waals surface area contributed by atoms with Gasteiger partial charge in [-0.2, -0.15) is 0 Å². The smallest absolute Gasteiger partial charge is 0.186 e. The van der Waals surface area contributed by atoms with Crippen LogP contribution < -0.4 is 0 Å². The minimum atomic E-state index is 0.116. The van der Waals surface area contributed by atoms with Crippen LogP contribution in [0.25, 0.3) is 0 Å². The highest BCUT2D eigenvalue weighted by atomic mass is 35.5. The molecule has 0 fully saturated rings. The molecule has 0 saturated heterocycles. The summed E-state index contributed by atoms with van der Waals surface area (Å²) in [5.41, 5.74) is 1.92. The van der Waals surface area contributed by atoms with Gasteiger partial charge in [-0.05, 0) is 24.6 Å². The van der Waals surface area contributed by atoms with Crippen LogP contribution in [0.1, 0.15) is 18.2 Å². The molecule has 4 heteroatoms. The van der Waals surface area contributed by atoms with Crippen molar-refractivity contribution in [1.82, 2.24) is 4.98 Å². The Labute approximate surface area is 86.7 Å². The van der Waals surface area contributed by atoms with Crippen molar-refractivity contribution in [3.8, 4) is 0 Å². The Bertz CT molecular complexity index is 307. The van der Waals surface area contributed by atoms with Crippen molar-refractivity contribution >= 4 is 28.5 Å². The molecule has 0 aliphatic carbocycles. The molecule has 1 heterocycles. The van der Waals surface area contributed by atoms with Gasteiger partial charge in [0.1, 0.15) is 5.15 Å². The van der Waals surface area contributed by atoms with Gasteiger partial charge in [0.25, 0.3) is 0 Å². The molecule has 13 heavy (non-hydrogen) atoms. The summed E-state index contributed by atoms with van der Waals surface area (Å²) in [6.45, 7) is 3.44. The third-order valence-corrected chi connectivity index (χ3v) is 2.50. The van der Waals surface area contributed by atoms with Gasteiger partial charge in [0.05, 0.1) is 0 Å². The highest BCUT2D eigenvalue weighted by Crippen LogP contribution is 2.16. The van der Waals surface area contributed by atoms with Gasteiger partial charge in [-0.1, -0.05) is 23.4 Å². The molecule has 1 aromatic rings. The largest absolute Gasteiger partial charge is 0.288 e. The fraction of sp³-hybridized carbons (Fsp3) is 0.333. The molecule has 0 spiro atoms. The van der Waals surface area contributed by atoms with Crippen LogP contribution in [0.4, 0.5) is 0 Å². The van der Waals surface area contributed by atoms with E-state index in [4.69, 9.17) is 11.6 Å². The molecule has 0 bridgehead atoms. The van der Waals surface area contributed by atoms with Crippen LogP contribution in [0, 0.1) is 6.92 Å². The lowest BCUT2D eigenvalue weighted by atomic mass is 10.2. The summed E-state index contributed by atoms with van der Waals surface area (Å²) >= 11 is 7.04. The summed E-state index contributed by atoms with van der Waals surface area (Å²) in [5.74, 6) is 0.665. The second-order valence-electron chi connectivity index (χ2n) is 2.72. The summed E-state index contributed by atoms with van der Waals surface area (Å²) in [6, 6.07) is 3.71. The van der Waals surface area contributed by atoms with Crippen LogP contribution in [-0.2, 0) is 10.5 Å². The Balaban J connectivity index is 2.71. The zero-order valence-electron chi connectivity index (χ0n) is 7.50. The van der Waals surface area contributed by atoms with E-state index < -0.39 is 0 Å². The quantitative estimate of drug-likeness (QED) is 0.711. The van der Waals surface area contributed by atoms with E-state index >= 15 is 0 Å². The van der Waals surface area contributed by atoms with E-state index in [-0.39, 0.29) is 5.12 Å². The highest BCUT2D eigenvalue weighted by molar-refractivity contribution is 8.12. The Morgan fingerprint density at radius 3 is 2.85 bits per heavy atom. The van der Waals surface area contributed by atoms with E-state index in [1.807, 2.05) is 13.0 Å². The zero-order chi connectivity index (χ0) is 9.84. The number of nitrogens with zero attached hydrogens (tertiary/aromatic N) is 1. The number of carbonyl (C=O) groups excluding carboxylic acids is 1. The second-order valence-corrected chi connectivity index (χ2v) is 4.26. The predicted octanol–water partition coefficient (Wildman–Crippen LogP) is 2.82. The lowest BCUT2D eigenvalue weighted by Crippen LogP contribution is -1.89. The maximum Gasteiger partial charge on any atom is 0.186 e.